The summed E-state index contributed by atoms with van der Waals surface area (Å²) in [7, 11) is 0. The minimum absolute atomic E-state index is 0.250. The molecular formula is C38H24O4. The van der Waals surface area contributed by atoms with Crippen LogP contribution in [0.15, 0.2) is 146 Å². The van der Waals surface area contributed by atoms with Crippen LogP contribution in [0.4, 0.5) is 0 Å². The smallest absolute Gasteiger partial charge is 0.198 e. The molecule has 1 aliphatic carbocycles. The van der Waals surface area contributed by atoms with Gasteiger partial charge in [0.1, 0.15) is 23.0 Å². The summed E-state index contributed by atoms with van der Waals surface area (Å²) in [5, 5.41) is 0. The van der Waals surface area contributed by atoms with Gasteiger partial charge in [0.25, 0.3) is 0 Å². The Morgan fingerprint density at radius 3 is 1.07 bits per heavy atom. The van der Waals surface area contributed by atoms with Crippen molar-refractivity contribution in [2.45, 2.75) is 0 Å². The fourth-order valence-electron chi connectivity index (χ4n) is 5.41. The van der Waals surface area contributed by atoms with Crippen molar-refractivity contribution in [2.75, 3.05) is 0 Å². The molecule has 42 heavy (non-hydrogen) atoms. The molecule has 4 nitrogen and oxygen atoms in total. The lowest BCUT2D eigenvalue weighted by Gasteiger charge is -2.23. The highest BCUT2D eigenvalue weighted by molar-refractivity contribution is 6.30. The van der Waals surface area contributed by atoms with Gasteiger partial charge < -0.3 is 9.47 Å². The van der Waals surface area contributed by atoms with E-state index in [0.29, 0.717) is 23.0 Å². The van der Waals surface area contributed by atoms with Crippen LogP contribution in [0.25, 0.3) is 22.3 Å². The third-order valence-electron chi connectivity index (χ3n) is 7.38. The number of carbonyl (C=O) groups excluding carboxylic acids is 2. The minimum Gasteiger partial charge on any atom is -0.456 e. The number of rotatable bonds is 6. The topological polar surface area (TPSA) is 52.6 Å². The zero-order chi connectivity index (χ0) is 28.5. The zero-order valence-electron chi connectivity index (χ0n) is 22.5. The second kappa shape index (κ2) is 10.7. The highest BCUT2D eigenvalue weighted by Gasteiger charge is 2.35. The maximum absolute atomic E-state index is 14.0. The second-order valence-electron chi connectivity index (χ2n) is 9.94. The second-order valence-corrected chi connectivity index (χ2v) is 9.94. The molecule has 0 saturated carbocycles. The molecule has 4 heteroatoms. The van der Waals surface area contributed by atoms with E-state index >= 15 is 0 Å². The number of fused-ring (bicyclic) bond motifs is 2. The molecule has 0 aliphatic heterocycles. The third kappa shape index (κ3) is 4.45. The van der Waals surface area contributed by atoms with Crippen molar-refractivity contribution in [3.63, 3.8) is 0 Å². The van der Waals surface area contributed by atoms with Crippen molar-refractivity contribution in [2.24, 2.45) is 0 Å². The first-order chi connectivity index (χ1) is 20.7. The van der Waals surface area contributed by atoms with Gasteiger partial charge in [0, 0.05) is 22.3 Å². The van der Waals surface area contributed by atoms with Gasteiger partial charge in [-0.1, -0.05) is 121 Å². The molecule has 0 fully saturated rings. The molecule has 6 aromatic carbocycles. The van der Waals surface area contributed by atoms with E-state index < -0.39 is 0 Å². The lowest BCUT2D eigenvalue weighted by atomic mass is 9.83. The summed E-state index contributed by atoms with van der Waals surface area (Å²) in [5.74, 6) is 1.29. The average molecular weight is 545 g/mol. The van der Waals surface area contributed by atoms with E-state index in [-0.39, 0.29) is 33.8 Å². The Kier molecular flexibility index (Phi) is 6.42. The fourth-order valence-corrected chi connectivity index (χ4v) is 5.41. The predicted octanol–water partition coefficient (Wildman–Crippen LogP) is 9.38. The van der Waals surface area contributed by atoms with Gasteiger partial charge in [-0.25, -0.2) is 0 Å². The van der Waals surface area contributed by atoms with Crippen molar-refractivity contribution in [3.8, 4) is 45.3 Å². The molecule has 0 N–H and O–H groups in total. The predicted molar refractivity (Wildman–Crippen MR) is 164 cm³/mol. The number of carbonyl (C=O) groups is 2. The standard InChI is InChI=1S/C38H24O4/c39-37-30-20-12-24-34(42-32-22-10-8-18-28(32)26-15-5-2-6-16-26)36(30)38(40)29-19-11-23-33(35(29)37)41-31-21-9-7-17-27(31)25-13-3-1-4-14-25/h1-24H. The van der Waals surface area contributed by atoms with E-state index in [1.54, 1.807) is 36.4 Å². The Morgan fingerprint density at radius 2 is 0.643 bits per heavy atom. The molecule has 7 rings (SSSR count). The third-order valence-corrected chi connectivity index (χ3v) is 7.38. The molecule has 0 spiro atoms. The summed E-state index contributed by atoms with van der Waals surface area (Å²) < 4.78 is 12.8. The zero-order valence-corrected chi connectivity index (χ0v) is 22.5. The Hall–Kier alpha value is -5.74. The average Bonchev–Trinajstić information content (AvgIpc) is 3.05. The van der Waals surface area contributed by atoms with Crippen LogP contribution in [-0.2, 0) is 0 Å². The van der Waals surface area contributed by atoms with Crippen LogP contribution >= 0.6 is 0 Å². The molecule has 0 saturated heterocycles. The van der Waals surface area contributed by atoms with Gasteiger partial charge in [-0.3, -0.25) is 9.59 Å². The minimum atomic E-state index is -0.283. The number of ether oxygens (including phenoxy) is 2. The normalized spacial score (nSPS) is 11.9. The summed E-state index contributed by atoms with van der Waals surface area (Å²) in [6, 6.07) is 45.4. The van der Waals surface area contributed by atoms with Crippen molar-refractivity contribution in [3.05, 3.63) is 168 Å². The quantitative estimate of drug-likeness (QED) is 0.209. The van der Waals surface area contributed by atoms with Crippen LogP contribution in [0.2, 0.25) is 0 Å². The Labute approximate surface area is 243 Å². The van der Waals surface area contributed by atoms with Crippen molar-refractivity contribution >= 4 is 11.6 Å². The van der Waals surface area contributed by atoms with E-state index in [4.69, 9.17) is 9.47 Å². The van der Waals surface area contributed by atoms with Gasteiger partial charge >= 0.3 is 0 Å². The van der Waals surface area contributed by atoms with Crippen molar-refractivity contribution < 1.29 is 19.1 Å². The van der Waals surface area contributed by atoms with Crippen LogP contribution in [0.5, 0.6) is 23.0 Å². The molecule has 0 radical (unpaired) electrons. The monoisotopic (exact) mass is 544 g/mol. The number of hydrogen-bond acceptors (Lipinski definition) is 4. The summed E-state index contributed by atoms with van der Waals surface area (Å²) in [6.45, 7) is 0. The largest absolute Gasteiger partial charge is 0.456 e. The summed E-state index contributed by atoms with van der Waals surface area (Å²) in [4.78, 5) is 28.0. The Morgan fingerprint density at radius 1 is 0.310 bits per heavy atom. The Bertz CT molecular complexity index is 1810. The van der Waals surface area contributed by atoms with E-state index in [1.165, 1.54) is 0 Å². The maximum atomic E-state index is 14.0. The van der Waals surface area contributed by atoms with E-state index in [0.717, 1.165) is 22.3 Å². The van der Waals surface area contributed by atoms with E-state index in [1.807, 2.05) is 109 Å². The number of benzene rings is 6. The molecule has 200 valence electrons. The van der Waals surface area contributed by atoms with Crippen LogP contribution in [0.3, 0.4) is 0 Å². The lowest BCUT2D eigenvalue weighted by molar-refractivity contribution is 0.0975. The van der Waals surface area contributed by atoms with Crippen LogP contribution in [-0.4, -0.2) is 11.6 Å². The van der Waals surface area contributed by atoms with Gasteiger partial charge in [-0.15, -0.1) is 0 Å². The van der Waals surface area contributed by atoms with Crippen LogP contribution in [0.1, 0.15) is 31.8 Å². The molecule has 0 unspecified atom stereocenters. The highest BCUT2D eigenvalue weighted by Crippen LogP contribution is 2.42. The van der Waals surface area contributed by atoms with Crippen LogP contribution in [0, 0.1) is 0 Å². The molecule has 0 amide bonds. The number of hydrogen-bond donors (Lipinski definition) is 0. The first-order valence-electron chi connectivity index (χ1n) is 13.7. The molecule has 0 heterocycles. The van der Waals surface area contributed by atoms with Gasteiger partial charge in [0.15, 0.2) is 11.6 Å². The first-order valence-corrected chi connectivity index (χ1v) is 13.7. The number of para-hydroxylation sites is 2. The molecular weight excluding hydrogens is 520 g/mol. The Balaban J connectivity index is 1.28. The summed E-state index contributed by atoms with van der Waals surface area (Å²) in [6.07, 6.45) is 0. The summed E-state index contributed by atoms with van der Waals surface area (Å²) in [5.41, 5.74) is 4.83. The maximum Gasteiger partial charge on any atom is 0.198 e. The van der Waals surface area contributed by atoms with Crippen LogP contribution < -0.4 is 9.47 Å². The number of ketones is 2. The lowest BCUT2D eigenvalue weighted by Crippen LogP contribution is -2.22. The van der Waals surface area contributed by atoms with Gasteiger partial charge in [0.05, 0.1) is 11.1 Å². The van der Waals surface area contributed by atoms with E-state index in [9.17, 15) is 9.59 Å². The molecule has 6 aromatic rings. The van der Waals surface area contributed by atoms with E-state index in [2.05, 4.69) is 0 Å². The summed E-state index contributed by atoms with van der Waals surface area (Å²) >= 11 is 0. The first kappa shape index (κ1) is 25.2. The van der Waals surface area contributed by atoms with Gasteiger partial charge in [0.2, 0.25) is 0 Å². The fraction of sp³-hybridized carbons (Fsp3) is 0. The van der Waals surface area contributed by atoms with Crippen molar-refractivity contribution in [1.29, 1.82) is 0 Å². The molecule has 0 atom stereocenters. The SMILES string of the molecule is O=C1c2cccc(Oc3ccccc3-c3ccccc3)c2C(=O)c2cccc(Oc3ccccc3-c3ccccc3)c21. The van der Waals surface area contributed by atoms with Gasteiger partial charge in [-0.05, 0) is 35.4 Å². The molecule has 1 aliphatic rings. The van der Waals surface area contributed by atoms with Gasteiger partial charge in [-0.2, -0.15) is 0 Å². The highest BCUT2D eigenvalue weighted by atomic mass is 16.5. The molecule has 0 bridgehead atoms. The van der Waals surface area contributed by atoms with Crippen molar-refractivity contribution in [1.82, 2.24) is 0 Å². The molecule has 0 aromatic heterocycles.